The third-order valence-corrected chi connectivity index (χ3v) is 25.0. The second-order valence-corrected chi connectivity index (χ2v) is 32.1. The third-order valence-electron chi connectivity index (χ3n) is 25.0. The highest BCUT2D eigenvalue weighted by atomic mass is 16.1. The Kier molecular flexibility index (Phi) is 20.0. The van der Waals surface area contributed by atoms with E-state index in [0.29, 0.717) is 96.1 Å². The number of pyridine rings is 3. The molecule has 3 saturated heterocycles. The zero-order valence-corrected chi connectivity index (χ0v) is 62.4. The van der Waals surface area contributed by atoms with E-state index >= 15 is 0 Å². The molecule has 10 aliphatic rings. The number of fused-ring (bicyclic) bond motifs is 11. The van der Waals surface area contributed by atoms with Crippen molar-refractivity contribution in [3.05, 3.63) is 108 Å². The Hall–Kier alpha value is -8.94. The number of aromatic nitrogens is 13. The molecule has 0 bridgehead atoms. The molecule has 6 fully saturated rings. The molecule has 3 N–H and O–H groups in total. The SMILES string of the molecule is CC(C)N1CCN(c2ccc(Nc3ncc4c(n3)C3=C(C4)C(=O)CCC34CCCCC4)nc2)CC1.CC(C)N1CCN(c2ccc(Nc3ncc4nc5n(c4n3)C3(CCCCC3)CCC5=O)nc2)CC1.CC(C)N1CCN(c2ccc(Nc3ncn4nc5c(c4n3)C3(CCCCC3)CCC5=O)nc2)CC1. The van der Waals surface area contributed by atoms with Crippen molar-refractivity contribution in [2.45, 2.75) is 212 Å². The van der Waals surface area contributed by atoms with Crippen LogP contribution in [0.15, 0.2) is 79.3 Å². The van der Waals surface area contributed by atoms with Gasteiger partial charge in [0.05, 0.1) is 47.5 Å². The van der Waals surface area contributed by atoms with Gasteiger partial charge in [0, 0.05) is 156 Å². The second kappa shape index (κ2) is 29.8. The fraction of sp³-hybridized carbons (Fsp3) is 0.575. The number of piperazine rings is 3. The van der Waals surface area contributed by atoms with Gasteiger partial charge in [0.25, 0.3) is 0 Å². The van der Waals surface area contributed by atoms with E-state index in [1.807, 2.05) is 43.0 Å². The number of carbonyl (C=O) groups is 3. The van der Waals surface area contributed by atoms with E-state index in [1.54, 1.807) is 17.0 Å². The number of ketones is 3. The molecular formula is C80H104N22O3. The second-order valence-electron chi connectivity index (χ2n) is 32.1. The molecule has 0 radical (unpaired) electrons. The first kappa shape index (κ1) is 70.4. The van der Waals surface area contributed by atoms with Crippen LogP contribution in [-0.2, 0) is 22.2 Å². The van der Waals surface area contributed by atoms with Gasteiger partial charge in [-0.05, 0) is 147 Å². The van der Waals surface area contributed by atoms with Crippen molar-refractivity contribution in [1.29, 1.82) is 0 Å². The number of hydrogen-bond donors (Lipinski definition) is 3. The molecule has 105 heavy (non-hydrogen) atoms. The minimum Gasteiger partial charge on any atom is -0.368 e. The van der Waals surface area contributed by atoms with Crippen LogP contribution < -0.4 is 30.7 Å². The van der Waals surface area contributed by atoms with Crippen LogP contribution in [0.25, 0.3) is 22.4 Å². The number of hydrogen-bond acceptors (Lipinski definition) is 23. The highest BCUT2D eigenvalue weighted by molar-refractivity contribution is 6.07. The van der Waals surface area contributed by atoms with E-state index in [0.717, 1.165) is 180 Å². The van der Waals surface area contributed by atoms with Gasteiger partial charge in [-0.1, -0.05) is 57.8 Å². The molecule has 4 aliphatic heterocycles. The Morgan fingerprint density at radius 1 is 0.410 bits per heavy atom. The first-order chi connectivity index (χ1) is 51.1. The summed E-state index contributed by atoms with van der Waals surface area (Å²) >= 11 is 0. The van der Waals surface area contributed by atoms with E-state index < -0.39 is 0 Å². The molecule has 25 heteroatoms. The van der Waals surface area contributed by atoms with E-state index in [1.165, 1.54) is 76.2 Å². The molecule has 0 amide bonds. The normalized spacial score (nSPS) is 21.0. The van der Waals surface area contributed by atoms with Crippen LogP contribution in [0.1, 0.15) is 214 Å². The van der Waals surface area contributed by atoms with Gasteiger partial charge in [-0.2, -0.15) is 15.1 Å². The molecule has 12 heterocycles. The van der Waals surface area contributed by atoms with Crippen molar-refractivity contribution >= 4 is 92.1 Å². The number of carbonyl (C=O) groups excluding carboxylic acids is 3. The molecule has 0 atom stereocenters. The maximum absolute atomic E-state index is 12.8. The average Bonchev–Trinajstić information content (AvgIpc) is 1.61. The van der Waals surface area contributed by atoms with Crippen LogP contribution in [0.3, 0.4) is 0 Å². The molecule has 6 aliphatic carbocycles. The Balaban J connectivity index is 0.000000121. The molecule has 0 aromatic carbocycles. The minimum absolute atomic E-state index is 0.0222. The summed E-state index contributed by atoms with van der Waals surface area (Å²) in [6.07, 6.45) is 34.2. The van der Waals surface area contributed by atoms with Crippen molar-refractivity contribution in [3.8, 4) is 0 Å². The molecule has 8 aromatic rings. The largest absolute Gasteiger partial charge is 0.368 e. The Morgan fingerprint density at radius 3 is 1.38 bits per heavy atom. The van der Waals surface area contributed by atoms with E-state index in [2.05, 4.69) is 150 Å². The topological polar surface area (TPSA) is 258 Å². The summed E-state index contributed by atoms with van der Waals surface area (Å²) in [6.45, 7) is 26.1. The lowest BCUT2D eigenvalue weighted by molar-refractivity contribution is -0.116. The summed E-state index contributed by atoms with van der Waals surface area (Å²) in [5.41, 5.74) is 11.8. The number of rotatable bonds is 12. The maximum atomic E-state index is 12.8. The van der Waals surface area contributed by atoms with Crippen molar-refractivity contribution < 1.29 is 14.4 Å². The zero-order valence-electron chi connectivity index (χ0n) is 62.4. The van der Waals surface area contributed by atoms with Gasteiger partial charge >= 0.3 is 0 Å². The molecule has 8 aromatic heterocycles. The van der Waals surface area contributed by atoms with Crippen molar-refractivity contribution in [3.63, 3.8) is 0 Å². The van der Waals surface area contributed by atoms with Gasteiger partial charge < -0.3 is 30.7 Å². The van der Waals surface area contributed by atoms with Crippen molar-refractivity contribution in [2.24, 2.45) is 5.41 Å². The standard InChI is InChI=1S/C28H36N6O.2C26H34N8O/c1-19(2)33-12-14-34(15-13-33)21-6-7-24(29-18-21)31-27-30-17-20-16-22-23(35)8-11-28(9-4-3-5-10-28)25(22)26(20)32-27;1-18(2)32-12-14-33(15-13-32)19-6-7-22(27-16-19)30-25-28-17-20-23(31-25)34-24(29-20)21(35)8-11-26(34)9-4-3-5-10-26;1-18(2)32-12-14-33(15-13-32)19-6-7-21(27-16-19)29-25-28-17-34-24(30-25)22-23(31-34)20(35)8-11-26(22)9-4-3-5-10-26/h6-7,17-19H,3-5,8-16H2,1-2H3,(H,29,30,31,32);6-7,16-18H,3-5,8-15H2,1-2H3,(H,27,28,30,31);6-7,16-18H,3-5,8-15H2,1-2H3,(H,27,29,30). The Bertz CT molecular complexity index is 4290. The van der Waals surface area contributed by atoms with Crippen LogP contribution >= 0.6 is 0 Å². The van der Waals surface area contributed by atoms with E-state index in [4.69, 9.17) is 15.0 Å². The fourth-order valence-electron chi connectivity index (χ4n) is 18.9. The number of allylic oxidation sites excluding steroid dienone is 2. The van der Waals surface area contributed by atoms with E-state index in [9.17, 15) is 14.4 Å². The predicted octanol–water partition coefficient (Wildman–Crippen LogP) is 12.9. The lowest BCUT2D eigenvalue weighted by Gasteiger charge is -2.42. The third kappa shape index (κ3) is 14.3. The summed E-state index contributed by atoms with van der Waals surface area (Å²) in [5.74, 6) is 4.79. The predicted molar refractivity (Wildman–Crippen MR) is 411 cm³/mol. The average molecular weight is 1420 g/mol. The van der Waals surface area contributed by atoms with Gasteiger partial charge in [0.15, 0.2) is 34.5 Å². The fourth-order valence-corrected chi connectivity index (χ4v) is 18.9. The molecule has 25 nitrogen and oxygen atoms in total. The van der Waals surface area contributed by atoms with Crippen molar-refractivity contribution in [1.82, 2.24) is 78.7 Å². The lowest BCUT2D eigenvalue weighted by Crippen LogP contribution is -2.48. The Morgan fingerprint density at radius 2 is 0.867 bits per heavy atom. The van der Waals surface area contributed by atoms with Crippen molar-refractivity contribution in [2.75, 3.05) is 109 Å². The van der Waals surface area contributed by atoms with Gasteiger partial charge in [0.1, 0.15) is 35.0 Å². The van der Waals surface area contributed by atoms with Gasteiger partial charge in [-0.15, -0.1) is 0 Å². The minimum atomic E-state index is -0.0403. The maximum Gasteiger partial charge on any atom is 0.231 e. The van der Waals surface area contributed by atoms with Crippen LogP contribution in [0, 0.1) is 5.41 Å². The first-order valence-electron chi connectivity index (χ1n) is 39.4. The van der Waals surface area contributed by atoms with Gasteiger partial charge in [0.2, 0.25) is 17.8 Å². The van der Waals surface area contributed by atoms with Crippen LogP contribution in [-0.4, -0.2) is 193 Å². The van der Waals surface area contributed by atoms with E-state index in [-0.39, 0.29) is 27.9 Å². The molecule has 3 saturated carbocycles. The van der Waals surface area contributed by atoms with Gasteiger partial charge in [-0.3, -0.25) is 33.7 Å². The number of Topliss-reactive ketones (excluding diaryl/α,β-unsaturated/α-hetero) is 3. The molecule has 552 valence electrons. The van der Waals surface area contributed by atoms with Gasteiger partial charge in [-0.25, -0.2) is 44.4 Å². The zero-order chi connectivity index (χ0) is 72.0. The van der Waals surface area contributed by atoms with Crippen LogP contribution in [0.2, 0.25) is 0 Å². The summed E-state index contributed by atoms with van der Waals surface area (Å²) in [5, 5.41) is 14.4. The lowest BCUT2D eigenvalue weighted by atomic mass is 9.62. The first-order valence-corrected chi connectivity index (χ1v) is 39.4. The molecule has 0 unspecified atom stereocenters. The van der Waals surface area contributed by atoms with Crippen LogP contribution in [0.5, 0.6) is 0 Å². The quantitative estimate of drug-likeness (QED) is 0.103. The monoisotopic (exact) mass is 1420 g/mol. The summed E-state index contributed by atoms with van der Waals surface area (Å²) in [4.78, 5) is 99.7. The smallest absolute Gasteiger partial charge is 0.231 e. The molecule has 18 rings (SSSR count). The number of imidazole rings is 1. The number of nitrogens with zero attached hydrogens (tertiary/aromatic N) is 19. The summed E-state index contributed by atoms with van der Waals surface area (Å²) in [6, 6.07) is 14.1. The molecule has 3 spiro atoms. The molecular weight excluding hydrogens is 1320 g/mol. The highest BCUT2D eigenvalue weighted by Gasteiger charge is 2.48. The summed E-state index contributed by atoms with van der Waals surface area (Å²) in [7, 11) is 0. The number of anilines is 9. The number of nitrogens with one attached hydrogen (secondary N) is 3. The Labute approximate surface area is 616 Å². The highest BCUT2D eigenvalue weighted by Crippen LogP contribution is 2.57. The van der Waals surface area contributed by atoms with Crippen LogP contribution in [0.4, 0.5) is 52.4 Å². The summed E-state index contributed by atoms with van der Waals surface area (Å²) < 4.78 is 3.83.